The van der Waals surface area contributed by atoms with Crippen LogP contribution in [0.1, 0.15) is 10.4 Å². The smallest absolute Gasteiger partial charge is 0.404 e. The number of alkyl halides is 3. The minimum absolute atomic E-state index is 0.0338. The van der Waals surface area contributed by atoms with Gasteiger partial charge in [-0.3, -0.25) is 14.5 Å². The van der Waals surface area contributed by atoms with Gasteiger partial charge < -0.3 is 20.1 Å². The average Bonchev–Trinajstić information content (AvgIpc) is 2.86. The summed E-state index contributed by atoms with van der Waals surface area (Å²) in [5.74, 6) is -1.78. The van der Waals surface area contributed by atoms with Crippen LogP contribution < -0.4 is 15.4 Å². The molecule has 0 bridgehead atoms. The van der Waals surface area contributed by atoms with E-state index in [1.807, 2.05) is 0 Å². The molecule has 1 fully saturated rings. The fourth-order valence-corrected chi connectivity index (χ4v) is 3.31. The van der Waals surface area contributed by atoms with E-state index >= 15 is 0 Å². The van der Waals surface area contributed by atoms with Crippen LogP contribution in [0.25, 0.3) is 11.3 Å². The van der Waals surface area contributed by atoms with Gasteiger partial charge in [0.25, 0.3) is 5.91 Å². The van der Waals surface area contributed by atoms with E-state index in [1.165, 1.54) is 12.4 Å². The number of rotatable bonds is 7. The summed E-state index contributed by atoms with van der Waals surface area (Å²) in [5, 5.41) is 12.8. The Hall–Kier alpha value is -4.17. The molecule has 14 heteroatoms. The van der Waals surface area contributed by atoms with Crippen LogP contribution in [0.5, 0.6) is 5.75 Å². The number of nitrogens with one attached hydrogen (secondary N) is 2. The zero-order valence-electron chi connectivity index (χ0n) is 18.7. The van der Waals surface area contributed by atoms with Crippen molar-refractivity contribution in [1.82, 2.24) is 25.1 Å². The zero-order valence-corrected chi connectivity index (χ0v) is 18.7. The molecule has 3 aromatic rings. The van der Waals surface area contributed by atoms with Crippen LogP contribution in [0.2, 0.25) is 0 Å². The van der Waals surface area contributed by atoms with E-state index in [0.29, 0.717) is 37.6 Å². The van der Waals surface area contributed by atoms with Crippen molar-refractivity contribution in [2.45, 2.75) is 6.36 Å². The van der Waals surface area contributed by atoms with Crippen LogP contribution in [0.3, 0.4) is 0 Å². The highest BCUT2D eigenvalue weighted by Gasteiger charge is 2.32. The molecule has 2 N–H and O–H groups in total. The van der Waals surface area contributed by atoms with Gasteiger partial charge in [0.1, 0.15) is 6.33 Å². The van der Waals surface area contributed by atoms with Crippen LogP contribution in [-0.2, 0) is 9.53 Å². The quantitative estimate of drug-likeness (QED) is 0.499. The van der Waals surface area contributed by atoms with Gasteiger partial charge in [-0.15, -0.1) is 23.4 Å². The number of halogens is 3. The van der Waals surface area contributed by atoms with E-state index in [-0.39, 0.29) is 23.6 Å². The number of anilines is 2. The number of hydrogen-bond acceptors (Lipinski definition) is 9. The molecule has 11 nitrogen and oxygen atoms in total. The molecule has 3 heterocycles. The maximum atomic E-state index is 12.9. The molecular weight excluding hydrogens is 483 g/mol. The Morgan fingerprint density at radius 2 is 1.78 bits per heavy atom. The first kappa shape index (κ1) is 24.9. The second-order valence-electron chi connectivity index (χ2n) is 7.58. The molecule has 0 saturated carbocycles. The predicted molar refractivity (Wildman–Crippen MR) is 120 cm³/mol. The van der Waals surface area contributed by atoms with Crippen molar-refractivity contribution in [2.75, 3.05) is 43.5 Å². The minimum Gasteiger partial charge on any atom is -0.404 e. The van der Waals surface area contributed by atoms with Gasteiger partial charge in [0.15, 0.2) is 11.6 Å². The van der Waals surface area contributed by atoms with E-state index in [9.17, 15) is 22.8 Å². The SMILES string of the molecule is O=C(CN1CCOCC1)Nc1cc(C(=O)Nc2ccc(-c3cncnc3)nn2)ccc1OC(F)(F)F. The fourth-order valence-electron chi connectivity index (χ4n) is 3.31. The Morgan fingerprint density at radius 1 is 1.03 bits per heavy atom. The van der Waals surface area contributed by atoms with Gasteiger partial charge in [0, 0.05) is 36.6 Å². The molecule has 2 aromatic heterocycles. The van der Waals surface area contributed by atoms with Gasteiger partial charge in [0.05, 0.1) is 31.1 Å². The van der Waals surface area contributed by atoms with Crippen molar-refractivity contribution in [3.8, 4) is 17.0 Å². The summed E-state index contributed by atoms with van der Waals surface area (Å²) in [6, 6.07) is 6.28. The lowest BCUT2D eigenvalue weighted by atomic mass is 10.1. The van der Waals surface area contributed by atoms with Gasteiger partial charge in [-0.05, 0) is 30.3 Å². The van der Waals surface area contributed by atoms with E-state index in [1.54, 1.807) is 23.4 Å². The molecule has 0 aliphatic carbocycles. The van der Waals surface area contributed by atoms with Crippen molar-refractivity contribution in [1.29, 1.82) is 0 Å². The second-order valence-corrected chi connectivity index (χ2v) is 7.58. The number of morpholine rings is 1. The molecule has 0 radical (unpaired) electrons. The molecule has 1 aromatic carbocycles. The first-order valence-electron chi connectivity index (χ1n) is 10.7. The molecule has 0 atom stereocenters. The summed E-state index contributed by atoms with van der Waals surface area (Å²) in [6.07, 6.45) is -0.520. The maximum absolute atomic E-state index is 12.9. The number of aromatic nitrogens is 4. The zero-order chi connectivity index (χ0) is 25.5. The third kappa shape index (κ3) is 6.93. The molecule has 4 rings (SSSR count). The van der Waals surface area contributed by atoms with Gasteiger partial charge >= 0.3 is 6.36 Å². The summed E-state index contributed by atoms with van der Waals surface area (Å²) >= 11 is 0. The summed E-state index contributed by atoms with van der Waals surface area (Å²) in [4.78, 5) is 34.8. The molecule has 188 valence electrons. The van der Waals surface area contributed by atoms with Gasteiger partial charge in [-0.1, -0.05) is 0 Å². The topological polar surface area (TPSA) is 131 Å². The number of hydrogen-bond donors (Lipinski definition) is 2. The molecule has 1 saturated heterocycles. The van der Waals surface area contributed by atoms with Crippen molar-refractivity contribution in [3.63, 3.8) is 0 Å². The number of carbonyl (C=O) groups excluding carboxylic acids is 2. The lowest BCUT2D eigenvalue weighted by Gasteiger charge is -2.26. The number of amides is 2. The van der Waals surface area contributed by atoms with Gasteiger partial charge in [-0.2, -0.15) is 0 Å². The minimum atomic E-state index is -4.99. The van der Waals surface area contributed by atoms with E-state index in [0.717, 1.165) is 18.2 Å². The molecule has 0 unspecified atom stereocenters. The van der Waals surface area contributed by atoms with Crippen LogP contribution in [0, 0.1) is 0 Å². The van der Waals surface area contributed by atoms with Crippen molar-refractivity contribution >= 4 is 23.3 Å². The Labute approximate surface area is 202 Å². The normalized spacial score (nSPS) is 14.2. The summed E-state index contributed by atoms with van der Waals surface area (Å²) in [5.41, 5.74) is 0.769. The Kier molecular flexibility index (Phi) is 7.65. The van der Waals surface area contributed by atoms with Gasteiger partial charge in [-0.25, -0.2) is 9.97 Å². The number of nitrogens with zero attached hydrogens (tertiary/aromatic N) is 5. The Balaban J connectivity index is 1.48. The molecular formula is C22H20F3N7O4. The summed E-state index contributed by atoms with van der Waals surface area (Å²) < 4.78 is 47.9. The highest BCUT2D eigenvalue weighted by molar-refractivity contribution is 6.05. The highest BCUT2D eigenvalue weighted by atomic mass is 19.4. The Morgan fingerprint density at radius 3 is 2.44 bits per heavy atom. The molecule has 36 heavy (non-hydrogen) atoms. The third-order valence-electron chi connectivity index (χ3n) is 4.97. The predicted octanol–water partition coefficient (Wildman–Crippen LogP) is 2.36. The third-order valence-corrected chi connectivity index (χ3v) is 4.97. The summed E-state index contributed by atoms with van der Waals surface area (Å²) in [6.45, 7) is 1.88. The number of benzene rings is 1. The second kappa shape index (κ2) is 11.0. The van der Waals surface area contributed by atoms with Crippen molar-refractivity contribution in [2.24, 2.45) is 0 Å². The average molecular weight is 503 g/mol. The van der Waals surface area contributed by atoms with E-state index < -0.39 is 23.9 Å². The molecule has 2 amide bonds. The standard InChI is InChI=1S/C22H20F3N7O4/c23-22(24,25)36-18-3-1-14(9-17(18)28-20(33)12-32-5-7-35-8-6-32)21(34)29-19-4-2-16(30-31-19)15-10-26-13-27-11-15/h1-4,9-11,13H,5-8,12H2,(H,28,33)(H,29,31,34). The number of carbonyl (C=O) groups is 2. The van der Waals surface area contributed by atoms with Crippen LogP contribution in [0.15, 0.2) is 49.1 Å². The van der Waals surface area contributed by atoms with Crippen LogP contribution in [-0.4, -0.2) is 76.1 Å². The van der Waals surface area contributed by atoms with Crippen molar-refractivity contribution in [3.05, 3.63) is 54.6 Å². The van der Waals surface area contributed by atoms with E-state index in [2.05, 4.69) is 35.5 Å². The first-order valence-corrected chi connectivity index (χ1v) is 10.7. The Bertz CT molecular complexity index is 1200. The van der Waals surface area contributed by atoms with Crippen LogP contribution >= 0.6 is 0 Å². The summed E-state index contributed by atoms with van der Waals surface area (Å²) in [7, 11) is 0. The molecule has 0 spiro atoms. The molecule has 1 aliphatic rings. The van der Waals surface area contributed by atoms with Crippen LogP contribution in [0.4, 0.5) is 24.7 Å². The number of ether oxygens (including phenoxy) is 2. The lowest BCUT2D eigenvalue weighted by Crippen LogP contribution is -2.41. The monoisotopic (exact) mass is 503 g/mol. The first-order chi connectivity index (χ1) is 17.3. The lowest BCUT2D eigenvalue weighted by molar-refractivity contribution is -0.274. The molecule has 1 aliphatic heterocycles. The largest absolute Gasteiger partial charge is 0.573 e. The van der Waals surface area contributed by atoms with Crippen molar-refractivity contribution < 1.29 is 32.2 Å². The van der Waals surface area contributed by atoms with Gasteiger partial charge in [0.2, 0.25) is 5.91 Å². The fraction of sp³-hybridized carbons (Fsp3) is 0.273. The maximum Gasteiger partial charge on any atom is 0.573 e. The van der Waals surface area contributed by atoms with E-state index in [4.69, 9.17) is 4.74 Å². The highest BCUT2D eigenvalue weighted by Crippen LogP contribution is 2.31.